The number of aromatic nitrogens is 1. The summed E-state index contributed by atoms with van der Waals surface area (Å²) in [6.45, 7) is 4.53. The second-order valence-corrected chi connectivity index (χ2v) is 7.27. The van der Waals surface area contributed by atoms with E-state index in [1.807, 2.05) is 12.3 Å². The Labute approximate surface area is 142 Å². The number of benzene rings is 1. The number of anilines is 1. The standard InChI is InChI=1S/C21H22N2O/c1-14-8-3-4-10-17(14)23-15(2)18-16-9-7-13-22-20(16)24-19(18)21(23)11-5-6-12-21/h3-4,7-10,13,15H,5-6,11-12H2,1-2H3/t15-/m0/s1. The van der Waals surface area contributed by atoms with Crippen LogP contribution >= 0.6 is 0 Å². The van der Waals surface area contributed by atoms with E-state index < -0.39 is 0 Å². The highest BCUT2D eigenvalue weighted by atomic mass is 16.3. The van der Waals surface area contributed by atoms with Crippen LogP contribution in [0.1, 0.15) is 55.5 Å². The minimum Gasteiger partial charge on any atom is -0.440 e. The lowest BCUT2D eigenvalue weighted by molar-refractivity contribution is 0.346. The van der Waals surface area contributed by atoms with E-state index in [4.69, 9.17) is 4.42 Å². The van der Waals surface area contributed by atoms with E-state index >= 15 is 0 Å². The van der Waals surface area contributed by atoms with Gasteiger partial charge in [-0.05, 0) is 50.5 Å². The maximum atomic E-state index is 6.36. The SMILES string of the molecule is Cc1ccccc1N1[C@@H](C)c2c(oc3ncccc23)C12CCCC2. The Morgan fingerprint density at radius 3 is 2.71 bits per heavy atom. The molecular formula is C21H22N2O. The molecule has 0 amide bonds. The van der Waals surface area contributed by atoms with Crippen LogP contribution in [0.2, 0.25) is 0 Å². The van der Waals surface area contributed by atoms with Crippen LogP contribution in [-0.4, -0.2) is 4.98 Å². The van der Waals surface area contributed by atoms with Crippen molar-refractivity contribution in [2.24, 2.45) is 0 Å². The molecule has 0 unspecified atom stereocenters. The number of pyridine rings is 1. The highest BCUT2D eigenvalue weighted by Crippen LogP contribution is 2.58. The molecule has 3 nitrogen and oxygen atoms in total. The van der Waals surface area contributed by atoms with Gasteiger partial charge < -0.3 is 9.32 Å². The maximum absolute atomic E-state index is 6.36. The number of aryl methyl sites for hydroxylation is 1. The highest BCUT2D eigenvalue weighted by molar-refractivity contribution is 5.83. The number of furan rings is 1. The van der Waals surface area contributed by atoms with Crippen molar-refractivity contribution in [2.75, 3.05) is 4.90 Å². The molecule has 1 spiro atoms. The van der Waals surface area contributed by atoms with Crippen LogP contribution in [0, 0.1) is 6.92 Å². The summed E-state index contributed by atoms with van der Waals surface area (Å²) in [6, 6.07) is 13.2. The van der Waals surface area contributed by atoms with Crippen molar-refractivity contribution >= 4 is 16.8 Å². The van der Waals surface area contributed by atoms with Gasteiger partial charge in [-0.3, -0.25) is 0 Å². The van der Waals surface area contributed by atoms with Crippen molar-refractivity contribution in [3.8, 4) is 0 Å². The van der Waals surface area contributed by atoms with Gasteiger partial charge in [0.1, 0.15) is 5.76 Å². The topological polar surface area (TPSA) is 29.3 Å². The largest absolute Gasteiger partial charge is 0.440 e. The predicted octanol–water partition coefficient (Wildman–Crippen LogP) is 5.49. The zero-order valence-electron chi connectivity index (χ0n) is 14.2. The van der Waals surface area contributed by atoms with E-state index in [-0.39, 0.29) is 5.54 Å². The van der Waals surface area contributed by atoms with Gasteiger partial charge in [0.2, 0.25) is 5.71 Å². The molecule has 122 valence electrons. The molecule has 1 aromatic carbocycles. The second kappa shape index (κ2) is 4.85. The lowest BCUT2D eigenvalue weighted by Crippen LogP contribution is -2.40. The Morgan fingerprint density at radius 1 is 1.12 bits per heavy atom. The number of fused-ring (bicyclic) bond motifs is 4. The van der Waals surface area contributed by atoms with E-state index in [1.165, 1.54) is 53.6 Å². The van der Waals surface area contributed by atoms with Crippen LogP contribution in [0.4, 0.5) is 5.69 Å². The van der Waals surface area contributed by atoms with Gasteiger partial charge >= 0.3 is 0 Å². The van der Waals surface area contributed by atoms with E-state index in [9.17, 15) is 0 Å². The van der Waals surface area contributed by atoms with Gasteiger partial charge in [0.05, 0.1) is 11.6 Å². The number of nitrogens with zero attached hydrogens (tertiary/aromatic N) is 2. The Balaban J connectivity index is 1.79. The van der Waals surface area contributed by atoms with Gasteiger partial charge in [-0.15, -0.1) is 0 Å². The predicted molar refractivity (Wildman–Crippen MR) is 96.2 cm³/mol. The molecule has 3 heteroatoms. The molecule has 1 aliphatic carbocycles. The fourth-order valence-corrected chi connectivity index (χ4v) is 5.02. The molecule has 2 aliphatic rings. The van der Waals surface area contributed by atoms with Crippen LogP contribution in [0.15, 0.2) is 47.0 Å². The Morgan fingerprint density at radius 2 is 1.92 bits per heavy atom. The zero-order valence-corrected chi connectivity index (χ0v) is 14.2. The third-order valence-electron chi connectivity index (χ3n) is 6.00. The van der Waals surface area contributed by atoms with Crippen molar-refractivity contribution in [1.82, 2.24) is 4.98 Å². The minimum atomic E-state index is 0.00155. The molecule has 0 N–H and O–H groups in total. The van der Waals surface area contributed by atoms with Gasteiger partial charge in [0.15, 0.2) is 0 Å². The molecule has 1 atom stereocenters. The first kappa shape index (κ1) is 14.1. The molecule has 1 saturated carbocycles. The molecule has 24 heavy (non-hydrogen) atoms. The van der Waals surface area contributed by atoms with E-state index in [0.717, 1.165) is 5.71 Å². The molecule has 0 saturated heterocycles. The Bertz CT molecular complexity index is 920. The summed E-state index contributed by atoms with van der Waals surface area (Å²) in [5.41, 5.74) is 4.83. The van der Waals surface area contributed by atoms with Gasteiger partial charge in [-0.25, -0.2) is 4.98 Å². The summed E-state index contributed by atoms with van der Waals surface area (Å²) >= 11 is 0. The van der Waals surface area contributed by atoms with Crippen LogP contribution < -0.4 is 4.90 Å². The summed E-state index contributed by atoms with van der Waals surface area (Å²) in [7, 11) is 0. The first-order valence-electron chi connectivity index (χ1n) is 8.95. The summed E-state index contributed by atoms with van der Waals surface area (Å²) in [5, 5.41) is 1.18. The quantitative estimate of drug-likeness (QED) is 0.594. The number of rotatable bonds is 1. The van der Waals surface area contributed by atoms with Crippen molar-refractivity contribution < 1.29 is 4.42 Å². The normalized spacial score (nSPS) is 21.8. The Hall–Kier alpha value is -2.29. The third-order valence-corrected chi connectivity index (χ3v) is 6.00. The highest BCUT2D eigenvalue weighted by Gasteiger charge is 2.54. The van der Waals surface area contributed by atoms with Crippen molar-refractivity contribution in [3.05, 3.63) is 59.5 Å². The lowest BCUT2D eigenvalue weighted by atomic mass is 9.93. The van der Waals surface area contributed by atoms with E-state index in [2.05, 4.69) is 54.1 Å². The molecular weight excluding hydrogens is 296 g/mol. The molecule has 1 aliphatic heterocycles. The fraction of sp³-hybridized carbons (Fsp3) is 0.381. The Kier molecular flexibility index (Phi) is 2.85. The molecule has 0 bridgehead atoms. The first-order valence-corrected chi connectivity index (χ1v) is 8.95. The molecule has 1 fully saturated rings. The fourth-order valence-electron chi connectivity index (χ4n) is 5.02. The molecule has 2 aromatic heterocycles. The van der Waals surface area contributed by atoms with E-state index in [1.54, 1.807) is 0 Å². The van der Waals surface area contributed by atoms with Crippen molar-refractivity contribution in [1.29, 1.82) is 0 Å². The second-order valence-electron chi connectivity index (χ2n) is 7.27. The summed E-state index contributed by atoms with van der Waals surface area (Å²) < 4.78 is 6.36. The monoisotopic (exact) mass is 318 g/mol. The minimum absolute atomic E-state index is 0.00155. The molecule has 3 aromatic rings. The molecule has 5 rings (SSSR count). The van der Waals surface area contributed by atoms with Gasteiger partial charge in [-0.2, -0.15) is 0 Å². The summed E-state index contributed by atoms with van der Waals surface area (Å²) in [6.07, 6.45) is 6.68. The van der Waals surface area contributed by atoms with Gasteiger partial charge in [-0.1, -0.05) is 31.0 Å². The van der Waals surface area contributed by atoms with E-state index in [0.29, 0.717) is 6.04 Å². The first-order chi connectivity index (χ1) is 11.7. The van der Waals surface area contributed by atoms with Crippen LogP contribution in [0.25, 0.3) is 11.1 Å². The van der Waals surface area contributed by atoms with Crippen molar-refractivity contribution in [2.45, 2.75) is 51.1 Å². The average Bonchev–Trinajstić information content (AvgIpc) is 3.26. The van der Waals surface area contributed by atoms with Gasteiger partial charge in [0.25, 0.3) is 0 Å². The lowest BCUT2D eigenvalue weighted by Gasteiger charge is -2.40. The van der Waals surface area contributed by atoms with Crippen molar-refractivity contribution in [3.63, 3.8) is 0 Å². The third kappa shape index (κ3) is 1.65. The number of hydrogen-bond acceptors (Lipinski definition) is 3. The molecule has 0 radical (unpaired) electrons. The average molecular weight is 318 g/mol. The zero-order chi connectivity index (χ0) is 16.3. The summed E-state index contributed by atoms with van der Waals surface area (Å²) in [5.74, 6) is 1.17. The smallest absolute Gasteiger partial charge is 0.226 e. The summed E-state index contributed by atoms with van der Waals surface area (Å²) in [4.78, 5) is 7.10. The molecule has 3 heterocycles. The van der Waals surface area contributed by atoms with Crippen LogP contribution in [-0.2, 0) is 5.54 Å². The number of hydrogen-bond donors (Lipinski definition) is 0. The van der Waals surface area contributed by atoms with Crippen LogP contribution in [0.5, 0.6) is 0 Å². The maximum Gasteiger partial charge on any atom is 0.226 e. The van der Waals surface area contributed by atoms with Crippen LogP contribution in [0.3, 0.4) is 0 Å². The number of para-hydroxylation sites is 1. The van der Waals surface area contributed by atoms with Gasteiger partial charge in [0, 0.05) is 22.8 Å².